The van der Waals surface area contributed by atoms with Gasteiger partial charge in [0.05, 0.1) is 6.61 Å². The van der Waals surface area contributed by atoms with Gasteiger partial charge in [0.2, 0.25) is 0 Å². The molecule has 3 heteroatoms. The molecule has 0 radical (unpaired) electrons. The third-order valence-electron chi connectivity index (χ3n) is 2.57. The van der Waals surface area contributed by atoms with Crippen LogP contribution in [0.4, 0.5) is 0 Å². The van der Waals surface area contributed by atoms with Gasteiger partial charge >= 0.3 is 5.97 Å². The largest absolute Gasteiger partial charge is 0.465 e. The molecule has 0 aromatic carbocycles. The van der Waals surface area contributed by atoms with Crippen molar-refractivity contribution in [1.29, 1.82) is 0 Å². The highest BCUT2D eigenvalue weighted by Crippen LogP contribution is 2.00. The second-order valence-corrected chi connectivity index (χ2v) is 3.92. The average Bonchev–Trinajstić information content (AvgIpc) is 2.25. The molecule has 0 aliphatic rings. The lowest BCUT2D eigenvalue weighted by Crippen LogP contribution is -2.41. The third kappa shape index (κ3) is 6.50. The zero-order valence-corrected chi connectivity index (χ0v) is 10.5. The van der Waals surface area contributed by atoms with Crippen molar-refractivity contribution >= 4 is 5.97 Å². The Morgan fingerprint density at radius 1 is 1.27 bits per heavy atom. The Hall–Kier alpha value is -0.570. The lowest BCUT2D eigenvalue weighted by Gasteiger charge is -2.19. The van der Waals surface area contributed by atoms with Gasteiger partial charge in [-0.15, -0.1) is 0 Å². The first kappa shape index (κ1) is 14.4. The first-order chi connectivity index (χ1) is 7.15. The van der Waals surface area contributed by atoms with Crippen LogP contribution in [0.5, 0.6) is 0 Å². The van der Waals surface area contributed by atoms with Crippen molar-refractivity contribution in [1.82, 2.24) is 5.32 Å². The van der Waals surface area contributed by atoms with Crippen LogP contribution >= 0.6 is 0 Å². The van der Waals surface area contributed by atoms with Gasteiger partial charge in [0, 0.05) is 6.04 Å². The molecule has 0 aliphatic heterocycles. The van der Waals surface area contributed by atoms with Gasteiger partial charge in [0.15, 0.2) is 0 Å². The molecule has 1 atom stereocenters. The van der Waals surface area contributed by atoms with E-state index in [0.29, 0.717) is 12.6 Å². The molecular formula is C12H25NO2. The van der Waals surface area contributed by atoms with Gasteiger partial charge in [-0.25, -0.2) is 0 Å². The Morgan fingerprint density at radius 3 is 2.33 bits per heavy atom. The monoisotopic (exact) mass is 215 g/mol. The van der Waals surface area contributed by atoms with Crippen molar-refractivity contribution in [2.24, 2.45) is 0 Å². The molecule has 0 heterocycles. The molecule has 0 fully saturated rings. The fourth-order valence-electron chi connectivity index (χ4n) is 1.39. The quantitative estimate of drug-likeness (QED) is 0.499. The Bertz CT molecular complexity index is 167. The smallest absolute Gasteiger partial charge is 0.322 e. The first-order valence-corrected chi connectivity index (χ1v) is 6.08. The maximum atomic E-state index is 11.5. The molecule has 0 aromatic heterocycles. The Labute approximate surface area is 93.6 Å². The Balaban J connectivity index is 3.77. The van der Waals surface area contributed by atoms with Gasteiger partial charge in [-0.2, -0.15) is 0 Å². The van der Waals surface area contributed by atoms with E-state index in [9.17, 15) is 4.79 Å². The van der Waals surface area contributed by atoms with E-state index in [1.54, 1.807) is 0 Å². The predicted molar refractivity (Wildman–Crippen MR) is 62.8 cm³/mol. The lowest BCUT2D eigenvalue weighted by atomic mass is 10.1. The number of carbonyl (C=O) groups is 1. The molecule has 0 aliphatic carbocycles. The molecule has 0 amide bonds. The van der Waals surface area contributed by atoms with Gasteiger partial charge in [-0.1, -0.05) is 27.2 Å². The third-order valence-corrected chi connectivity index (χ3v) is 2.57. The van der Waals surface area contributed by atoms with Crippen LogP contribution in [0, 0.1) is 0 Å². The van der Waals surface area contributed by atoms with E-state index in [0.717, 1.165) is 25.7 Å². The molecular weight excluding hydrogens is 190 g/mol. The molecule has 0 rings (SSSR count). The van der Waals surface area contributed by atoms with E-state index in [2.05, 4.69) is 26.1 Å². The molecule has 1 unspecified atom stereocenters. The van der Waals surface area contributed by atoms with Crippen molar-refractivity contribution in [3.05, 3.63) is 0 Å². The summed E-state index contributed by atoms with van der Waals surface area (Å²) in [7, 11) is 0. The summed E-state index contributed by atoms with van der Waals surface area (Å²) in [5.74, 6) is -0.129. The van der Waals surface area contributed by atoms with E-state index < -0.39 is 0 Å². The molecule has 90 valence electrons. The van der Waals surface area contributed by atoms with Gasteiger partial charge in [-0.05, 0) is 26.2 Å². The zero-order valence-electron chi connectivity index (χ0n) is 10.5. The van der Waals surface area contributed by atoms with Crippen LogP contribution < -0.4 is 5.32 Å². The van der Waals surface area contributed by atoms with Crippen molar-refractivity contribution in [2.45, 2.75) is 65.5 Å². The second kappa shape index (κ2) is 8.72. The fourth-order valence-corrected chi connectivity index (χ4v) is 1.39. The van der Waals surface area contributed by atoms with Crippen LogP contribution in [-0.4, -0.2) is 24.7 Å². The summed E-state index contributed by atoms with van der Waals surface area (Å²) in [6.07, 6.45) is 4.09. The number of nitrogens with one attached hydrogen (secondary N) is 1. The second-order valence-electron chi connectivity index (χ2n) is 3.92. The normalized spacial score (nSPS) is 12.9. The number of hydrogen-bond acceptors (Lipinski definition) is 3. The van der Waals surface area contributed by atoms with E-state index in [1.165, 1.54) is 0 Å². The number of carbonyl (C=O) groups excluding carboxylic acids is 1. The minimum Gasteiger partial charge on any atom is -0.465 e. The number of rotatable bonds is 8. The van der Waals surface area contributed by atoms with E-state index in [-0.39, 0.29) is 12.0 Å². The minimum absolute atomic E-state index is 0.129. The number of esters is 1. The molecule has 15 heavy (non-hydrogen) atoms. The lowest BCUT2D eigenvalue weighted by molar-refractivity contribution is -0.146. The SMILES string of the molecule is CCCCOC(=O)C(C)NC(CC)CC. The summed E-state index contributed by atoms with van der Waals surface area (Å²) < 4.78 is 5.13. The van der Waals surface area contributed by atoms with E-state index in [4.69, 9.17) is 4.74 Å². The first-order valence-electron chi connectivity index (χ1n) is 6.08. The maximum absolute atomic E-state index is 11.5. The predicted octanol–water partition coefficient (Wildman–Crippen LogP) is 2.50. The summed E-state index contributed by atoms with van der Waals surface area (Å²) in [5, 5.41) is 3.27. The van der Waals surface area contributed by atoms with Crippen LogP contribution in [0.25, 0.3) is 0 Å². The van der Waals surface area contributed by atoms with Crippen molar-refractivity contribution in [3.8, 4) is 0 Å². The van der Waals surface area contributed by atoms with Gasteiger partial charge in [0.1, 0.15) is 6.04 Å². The van der Waals surface area contributed by atoms with Crippen molar-refractivity contribution in [2.75, 3.05) is 6.61 Å². The highest BCUT2D eigenvalue weighted by molar-refractivity contribution is 5.75. The highest BCUT2D eigenvalue weighted by atomic mass is 16.5. The molecule has 3 nitrogen and oxygen atoms in total. The molecule has 1 N–H and O–H groups in total. The summed E-state index contributed by atoms with van der Waals surface area (Å²) in [5.41, 5.74) is 0. The molecule has 0 saturated heterocycles. The van der Waals surface area contributed by atoms with Crippen LogP contribution in [0.3, 0.4) is 0 Å². The van der Waals surface area contributed by atoms with Gasteiger partial charge < -0.3 is 10.1 Å². The summed E-state index contributed by atoms with van der Waals surface area (Å²) in [6.45, 7) is 8.74. The summed E-state index contributed by atoms with van der Waals surface area (Å²) in [6, 6.07) is 0.227. The fraction of sp³-hybridized carbons (Fsp3) is 0.917. The molecule has 0 spiro atoms. The molecule has 0 bridgehead atoms. The number of unbranched alkanes of at least 4 members (excludes halogenated alkanes) is 1. The minimum atomic E-state index is -0.188. The zero-order chi connectivity index (χ0) is 11.7. The van der Waals surface area contributed by atoms with Crippen molar-refractivity contribution in [3.63, 3.8) is 0 Å². The maximum Gasteiger partial charge on any atom is 0.322 e. The van der Waals surface area contributed by atoms with Gasteiger partial charge in [-0.3, -0.25) is 4.79 Å². The number of hydrogen-bond donors (Lipinski definition) is 1. The van der Waals surface area contributed by atoms with E-state index in [1.807, 2.05) is 6.92 Å². The van der Waals surface area contributed by atoms with Crippen LogP contribution in [0.2, 0.25) is 0 Å². The topological polar surface area (TPSA) is 38.3 Å². The van der Waals surface area contributed by atoms with Crippen LogP contribution in [-0.2, 0) is 9.53 Å². The number of ether oxygens (including phenoxy) is 1. The molecule has 0 aromatic rings. The summed E-state index contributed by atoms with van der Waals surface area (Å²) >= 11 is 0. The Kier molecular flexibility index (Phi) is 8.38. The highest BCUT2D eigenvalue weighted by Gasteiger charge is 2.16. The summed E-state index contributed by atoms with van der Waals surface area (Å²) in [4.78, 5) is 11.5. The Morgan fingerprint density at radius 2 is 1.87 bits per heavy atom. The van der Waals surface area contributed by atoms with Gasteiger partial charge in [0.25, 0.3) is 0 Å². The van der Waals surface area contributed by atoms with Crippen LogP contribution in [0.1, 0.15) is 53.4 Å². The van der Waals surface area contributed by atoms with Crippen molar-refractivity contribution < 1.29 is 9.53 Å². The van der Waals surface area contributed by atoms with E-state index >= 15 is 0 Å². The average molecular weight is 215 g/mol. The standard InChI is InChI=1S/C12H25NO2/c1-5-8-9-15-12(14)10(4)13-11(6-2)7-3/h10-11,13H,5-9H2,1-4H3. The molecule has 0 saturated carbocycles. The van der Waals surface area contributed by atoms with Crippen LogP contribution in [0.15, 0.2) is 0 Å².